The Kier molecular flexibility index (Phi) is 7.24. The molecule has 1 N–H and O–H groups in total. The molecule has 1 amide bonds. The third-order valence-electron chi connectivity index (χ3n) is 5.94. The fraction of sp³-hybridized carbons (Fsp3) is 0.480. The summed E-state index contributed by atoms with van der Waals surface area (Å²) in [6.45, 7) is 8.83. The molecule has 1 saturated heterocycles. The molecule has 0 unspecified atom stereocenters. The summed E-state index contributed by atoms with van der Waals surface area (Å²) in [6.07, 6.45) is 2.06. The fourth-order valence-corrected chi connectivity index (χ4v) is 5.32. The number of allylic oxidation sites excluding steroid dienone is 1. The van der Waals surface area contributed by atoms with Crippen molar-refractivity contribution >= 4 is 28.8 Å². The Morgan fingerprint density at radius 2 is 2.09 bits per heavy atom. The van der Waals surface area contributed by atoms with Gasteiger partial charge in [-0.05, 0) is 57.1 Å². The van der Waals surface area contributed by atoms with Crippen LogP contribution in [0.1, 0.15) is 57.2 Å². The molecule has 1 aromatic carbocycles. The molecule has 1 fully saturated rings. The summed E-state index contributed by atoms with van der Waals surface area (Å²) < 4.78 is 11.2. The number of aliphatic imine (C=N–C) groups is 1. The van der Waals surface area contributed by atoms with Crippen LogP contribution in [-0.2, 0) is 19.1 Å². The SMILES string of the molecule is CC1=C(C(=O)OC(C)C)[C@H](c2ccccc2C)N2C(CC(=O)NC[C@H]3CCCO3)=CSC2=N1. The molecule has 8 heteroatoms. The molecule has 2 atom stereocenters. The number of ether oxygens (including phenoxy) is 2. The summed E-state index contributed by atoms with van der Waals surface area (Å²) in [6, 6.07) is 7.60. The number of nitrogens with zero attached hydrogens (tertiary/aromatic N) is 2. The van der Waals surface area contributed by atoms with Gasteiger partial charge in [0.25, 0.3) is 0 Å². The predicted molar refractivity (Wildman–Crippen MR) is 129 cm³/mol. The van der Waals surface area contributed by atoms with Gasteiger partial charge < -0.3 is 19.7 Å². The Balaban J connectivity index is 1.62. The van der Waals surface area contributed by atoms with Gasteiger partial charge in [0.15, 0.2) is 5.17 Å². The molecule has 0 aliphatic carbocycles. The van der Waals surface area contributed by atoms with Gasteiger partial charge in [-0.1, -0.05) is 36.0 Å². The van der Waals surface area contributed by atoms with Gasteiger partial charge in [-0.2, -0.15) is 0 Å². The number of hydrogen-bond acceptors (Lipinski definition) is 7. The number of aryl methyl sites for hydroxylation is 1. The van der Waals surface area contributed by atoms with E-state index in [0.29, 0.717) is 17.8 Å². The molecule has 0 saturated carbocycles. The van der Waals surface area contributed by atoms with E-state index in [0.717, 1.165) is 41.4 Å². The largest absolute Gasteiger partial charge is 0.459 e. The number of benzene rings is 1. The maximum Gasteiger partial charge on any atom is 0.338 e. The predicted octanol–water partition coefficient (Wildman–Crippen LogP) is 4.21. The van der Waals surface area contributed by atoms with Crippen molar-refractivity contribution in [3.63, 3.8) is 0 Å². The first-order chi connectivity index (χ1) is 15.8. The minimum atomic E-state index is -0.405. The highest BCUT2D eigenvalue weighted by Gasteiger charge is 2.41. The monoisotopic (exact) mass is 469 g/mol. The first kappa shape index (κ1) is 23.6. The van der Waals surface area contributed by atoms with Crippen LogP contribution in [0, 0.1) is 6.92 Å². The molecule has 3 aliphatic rings. The normalized spacial score (nSPS) is 22.3. The van der Waals surface area contributed by atoms with Crippen molar-refractivity contribution in [2.45, 2.75) is 65.2 Å². The van der Waals surface area contributed by atoms with Gasteiger partial charge in [0, 0.05) is 18.8 Å². The van der Waals surface area contributed by atoms with Crippen molar-refractivity contribution < 1.29 is 19.1 Å². The van der Waals surface area contributed by atoms with Crippen molar-refractivity contribution in [2.75, 3.05) is 13.2 Å². The first-order valence-corrected chi connectivity index (χ1v) is 12.3. The number of hydrogen-bond donors (Lipinski definition) is 1. The Labute approximate surface area is 199 Å². The second-order valence-corrected chi connectivity index (χ2v) is 9.66. The van der Waals surface area contributed by atoms with Gasteiger partial charge in [-0.25, -0.2) is 9.79 Å². The molecule has 0 radical (unpaired) electrons. The number of thioether (sulfide) groups is 1. The summed E-state index contributed by atoms with van der Waals surface area (Å²) >= 11 is 1.48. The van der Waals surface area contributed by atoms with Crippen molar-refractivity contribution in [1.29, 1.82) is 0 Å². The quantitative estimate of drug-likeness (QED) is 0.603. The molecule has 0 aromatic heterocycles. The van der Waals surface area contributed by atoms with E-state index in [9.17, 15) is 9.59 Å². The number of esters is 1. The molecule has 0 bridgehead atoms. The highest BCUT2D eigenvalue weighted by Crippen LogP contribution is 2.45. The maximum absolute atomic E-state index is 13.2. The number of rotatable bonds is 7. The van der Waals surface area contributed by atoms with Gasteiger partial charge in [0.05, 0.1) is 35.9 Å². The van der Waals surface area contributed by atoms with E-state index in [1.165, 1.54) is 11.8 Å². The van der Waals surface area contributed by atoms with Crippen LogP contribution in [0.3, 0.4) is 0 Å². The second-order valence-electron chi connectivity index (χ2n) is 8.82. The Morgan fingerprint density at radius 3 is 2.79 bits per heavy atom. The summed E-state index contributed by atoms with van der Waals surface area (Å²) in [7, 11) is 0. The van der Waals surface area contributed by atoms with Crippen molar-refractivity contribution in [3.05, 3.63) is 57.8 Å². The van der Waals surface area contributed by atoms with E-state index in [2.05, 4.69) is 5.32 Å². The number of amides is 1. The van der Waals surface area contributed by atoms with Crippen LogP contribution in [0.4, 0.5) is 0 Å². The standard InChI is InChI=1S/C25H31N3O4S/c1-15(2)32-24(30)22-17(4)27-25-28(23(22)20-10-6-5-8-16(20)3)18(14-33-25)12-21(29)26-13-19-9-7-11-31-19/h5-6,8,10,14-15,19,23H,7,9,11-13H2,1-4H3,(H,26,29)/t19-,23+/m1/s1. The summed E-state index contributed by atoms with van der Waals surface area (Å²) in [5.41, 5.74) is 4.03. The minimum absolute atomic E-state index is 0.0697. The van der Waals surface area contributed by atoms with Gasteiger partial charge in [-0.15, -0.1) is 0 Å². The topological polar surface area (TPSA) is 80.2 Å². The molecule has 0 spiro atoms. The third kappa shape index (κ3) is 5.17. The number of fused-ring (bicyclic) bond motifs is 1. The number of carbonyl (C=O) groups excluding carboxylic acids is 2. The third-order valence-corrected chi connectivity index (χ3v) is 6.83. The lowest BCUT2D eigenvalue weighted by molar-refractivity contribution is -0.143. The molecular weight excluding hydrogens is 438 g/mol. The molecule has 7 nitrogen and oxygen atoms in total. The van der Waals surface area contributed by atoms with E-state index in [-0.39, 0.29) is 30.5 Å². The Hall–Kier alpha value is -2.58. The van der Waals surface area contributed by atoms with Gasteiger partial charge >= 0.3 is 5.97 Å². The molecule has 4 rings (SSSR count). The van der Waals surface area contributed by atoms with E-state index in [4.69, 9.17) is 14.5 Å². The maximum atomic E-state index is 13.2. The van der Waals surface area contributed by atoms with Crippen molar-refractivity contribution in [2.24, 2.45) is 4.99 Å². The lowest BCUT2D eigenvalue weighted by atomic mass is 9.91. The average Bonchev–Trinajstić information content (AvgIpc) is 3.41. The number of amidine groups is 1. The molecule has 176 valence electrons. The van der Waals surface area contributed by atoms with Crippen LogP contribution in [0.15, 0.2) is 51.6 Å². The summed E-state index contributed by atoms with van der Waals surface area (Å²) in [5.74, 6) is -0.447. The molecule has 33 heavy (non-hydrogen) atoms. The highest BCUT2D eigenvalue weighted by atomic mass is 32.2. The fourth-order valence-electron chi connectivity index (χ4n) is 4.36. The van der Waals surface area contributed by atoms with E-state index >= 15 is 0 Å². The van der Waals surface area contributed by atoms with Crippen LogP contribution in [0.2, 0.25) is 0 Å². The molecule has 3 heterocycles. The van der Waals surface area contributed by atoms with Crippen molar-refractivity contribution in [1.82, 2.24) is 10.2 Å². The zero-order chi connectivity index (χ0) is 23.5. The van der Waals surface area contributed by atoms with E-state index < -0.39 is 6.04 Å². The Morgan fingerprint density at radius 1 is 1.30 bits per heavy atom. The lowest BCUT2D eigenvalue weighted by Crippen LogP contribution is -2.39. The Bertz CT molecular complexity index is 1020. The molecule has 1 aromatic rings. The minimum Gasteiger partial charge on any atom is -0.459 e. The molecule has 3 aliphatic heterocycles. The zero-order valence-corrected chi connectivity index (χ0v) is 20.4. The van der Waals surface area contributed by atoms with E-state index in [1.54, 1.807) is 0 Å². The lowest BCUT2D eigenvalue weighted by Gasteiger charge is -2.37. The summed E-state index contributed by atoms with van der Waals surface area (Å²) in [4.78, 5) is 32.7. The second kappa shape index (κ2) is 10.1. The van der Waals surface area contributed by atoms with Crippen LogP contribution in [0.25, 0.3) is 0 Å². The van der Waals surface area contributed by atoms with Crippen molar-refractivity contribution in [3.8, 4) is 0 Å². The highest BCUT2D eigenvalue weighted by molar-refractivity contribution is 8.16. The van der Waals surface area contributed by atoms with E-state index in [1.807, 2.05) is 62.3 Å². The van der Waals surface area contributed by atoms with Gasteiger partial charge in [0.2, 0.25) is 5.91 Å². The van der Waals surface area contributed by atoms with Crippen LogP contribution < -0.4 is 5.32 Å². The number of nitrogens with one attached hydrogen (secondary N) is 1. The van der Waals surface area contributed by atoms with Crippen LogP contribution in [-0.4, -0.2) is 47.3 Å². The first-order valence-electron chi connectivity index (χ1n) is 11.4. The zero-order valence-electron chi connectivity index (χ0n) is 19.6. The number of carbonyl (C=O) groups is 2. The summed E-state index contributed by atoms with van der Waals surface area (Å²) in [5, 5.41) is 5.72. The smallest absolute Gasteiger partial charge is 0.338 e. The molecular formula is C25H31N3O4S. The van der Waals surface area contributed by atoms with Gasteiger partial charge in [0.1, 0.15) is 0 Å². The van der Waals surface area contributed by atoms with Crippen LogP contribution in [0.5, 0.6) is 0 Å². The van der Waals surface area contributed by atoms with Gasteiger partial charge in [-0.3, -0.25) is 4.79 Å². The van der Waals surface area contributed by atoms with Crippen LogP contribution >= 0.6 is 11.8 Å². The average molecular weight is 470 g/mol.